The summed E-state index contributed by atoms with van der Waals surface area (Å²) in [5.41, 5.74) is 6.77. The molecule has 0 fully saturated rings. The van der Waals surface area contributed by atoms with Gasteiger partial charge < -0.3 is 5.73 Å². The van der Waals surface area contributed by atoms with Crippen LogP contribution < -0.4 is 10.5 Å². The van der Waals surface area contributed by atoms with Crippen LogP contribution in [0.2, 0.25) is 0 Å². The minimum Gasteiger partial charge on any atom is -0.398 e. The highest BCUT2D eigenvalue weighted by Gasteiger charge is 2.14. The maximum Gasteiger partial charge on any atom is 0.236 e. The smallest absolute Gasteiger partial charge is 0.236 e. The van der Waals surface area contributed by atoms with Gasteiger partial charge >= 0.3 is 0 Å². The van der Waals surface area contributed by atoms with Crippen LogP contribution in [0.15, 0.2) is 46.9 Å². The van der Waals surface area contributed by atoms with Crippen molar-refractivity contribution in [2.45, 2.75) is 5.75 Å². The number of halogens is 2. The normalized spacial score (nSPS) is 11.3. The van der Waals surface area contributed by atoms with Gasteiger partial charge in [-0.2, -0.15) is 0 Å². The Bertz CT molecular complexity index is 735. The van der Waals surface area contributed by atoms with Crippen LogP contribution in [0, 0.1) is 5.82 Å². The highest BCUT2D eigenvalue weighted by atomic mass is 79.9. The van der Waals surface area contributed by atoms with Gasteiger partial charge in [0.1, 0.15) is 5.82 Å². The molecule has 0 spiro atoms. The summed E-state index contributed by atoms with van der Waals surface area (Å²) in [5.74, 6) is -0.804. The van der Waals surface area contributed by atoms with Crippen LogP contribution in [0.3, 0.4) is 0 Å². The minimum absolute atomic E-state index is 0.167. The first kappa shape index (κ1) is 14.8. The van der Waals surface area contributed by atoms with E-state index < -0.39 is 15.8 Å². The van der Waals surface area contributed by atoms with Crippen LogP contribution in [0.25, 0.3) is 0 Å². The lowest BCUT2D eigenvalue weighted by molar-refractivity contribution is 0.600. The molecule has 4 nitrogen and oxygen atoms in total. The number of anilines is 2. The van der Waals surface area contributed by atoms with Crippen molar-refractivity contribution in [1.29, 1.82) is 0 Å². The molecule has 106 valence electrons. The van der Waals surface area contributed by atoms with Gasteiger partial charge in [-0.3, -0.25) is 4.72 Å². The molecule has 2 aromatic rings. The Hall–Kier alpha value is -1.60. The Morgan fingerprint density at radius 3 is 2.55 bits per heavy atom. The van der Waals surface area contributed by atoms with E-state index in [0.717, 1.165) is 6.07 Å². The van der Waals surface area contributed by atoms with Crippen molar-refractivity contribution >= 4 is 37.3 Å². The molecule has 0 aliphatic rings. The standard InChI is InChI=1S/C13H12BrFN2O2S/c14-11-6-5-10(7-12(11)15)17-20(18,19)8-9-3-1-2-4-13(9)16/h1-7,17H,8,16H2. The molecule has 0 saturated heterocycles. The van der Waals surface area contributed by atoms with E-state index in [-0.39, 0.29) is 15.9 Å². The molecule has 2 rings (SSSR count). The third-order valence-corrected chi connectivity index (χ3v) is 4.47. The molecule has 7 heteroatoms. The van der Waals surface area contributed by atoms with Crippen molar-refractivity contribution in [2.24, 2.45) is 0 Å². The Balaban J connectivity index is 2.19. The molecule has 0 radical (unpaired) electrons. The topological polar surface area (TPSA) is 72.2 Å². The van der Waals surface area contributed by atoms with E-state index >= 15 is 0 Å². The average molecular weight is 359 g/mol. The molecule has 0 saturated carbocycles. The molecule has 0 atom stereocenters. The summed E-state index contributed by atoms with van der Waals surface area (Å²) in [5, 5.41) is 0. The lowest BCUT2D eigenvalue weighted by atomic mass is 10.2. The lowest BCUT2D eigenvalue weighted by Crippen LogP contribution is -2.16. The zero-order valence-corrected chi connectivity index (χ0v) is 12.7. The van der Waals surface area contributed by atoms with E-state index in [4.69, 9.17) is 5.73 Å². The zero-order valence-electron chi connectivity index (χ0n) is 10.3. The highest BCUT2D eigenvalue weighted by Crippen LogP contribution is 2.21. The Kier molecular flexibility index (Phi) is 4.29. The van der Waals surface area contributed by atoms with Crippen LogP contribution in [0.5, 0.6) is 0 Å². The number of benzene rings is 2. The summed E-state index contributed by atoms with van der Waals surface area (Å²) in [4.78, 5) is 0. The van der Waals surface area contributed by atoms with E-state index in [1.807, 2.05) is 0 Å². The first-order chi connectivity index (χ1) is 9.37. The summed E-state index contributed by atoms with van der Waals surface area (Å²) in [6, 6.07) is 10.7. The van der Waals surface area contributed by atoms with Crippen LogP contribution in [0.4, 0.5) is 15.8 Å². The van der Waals surface area contributed by atoms with Gasteiger partial charge in [-0.05, 0) is 45.8 Å². The van der Waals surface area contributed by atoms with Gasteiger partial charge in [0.25, 0.3) is 0 Å². The molecule has 0 aliphatic carbocycles. The number of rotatable bonds is 4. The molecule has 0 amide bonds. The Labute approximate surface area is 125 Å². The molecule has 2 aromatic carbocycles. The predicted octanol–water partition coefficient (Wildman–Crippen LogP) is 3.11. The summed E-state index contributed by atoms with van der Waals surface area (Å²) in [6.45, 7) is 0. The number of nitrogens with one attached hydrogen (secondary N) is 1. The van der Waals surface area contributed by atoms with E-state index in [2.05, 4.69) is 20.7 Å². The minimum atomic E-state index is -3.65. The van der Waals surface area contributed by atoms with Gasteiger partial charge in [0.15, 0.2) is 0 Å². The fraction of sp³-hybridized carbons (Fsp3) is 0.0769. The maximum atomic E-state index is 13.3. The molecule has 20 heavy (non-hydrogen) atoms. The van der Waals surface area contributed by atoms with E-state index in [1.165, 1.54) is 12.1 Å². The van der Waals surface area contributed by atoms with E-state index in [1.54, 1.807) is 24.3 Å². The molecule has 3 N–H and O–H groups in total. The molecular formula is C13H12BrFN2O2S. The van der Waals surface area contributed by atoms with Crippen molar-refractivity contribution < 1.29 is 12.8 Å². The number of nitrogens with two attached hydrogens (primary N) is 1. The van der Waals surface area contributed by atoms with Crippen molar-refractivity contribution in [1.82, 2.24) is 0 Å². The summed E-state index contributed by atoms with van der Waals surface area (Å²) in [6.07, 6.45) is 0. The molecule has 0 aliphatic heterocycles. The largest absolute Gasteiger partial charge is 0.398 e. The third-order valence-electron chi connectivity index (χ3n) is 2.59. The highest BCUT2D eigenvalue weighted by molar-refractivity contribution is 9.10. The molecule has 0 unspecified atom stereocenters. The second-order valence-corrected chi connectivity index (χ2v) is 6.77. The molecular weight excluding hydrogens is 347 g/mol. The number of sulfonamides is 1. The van der Waals surface area contributed by atoms with E-state index in [9.17, 15) is 12.8 Å². The van der Waals surface area contributed by atoms with Crippen molar-refractivity contribution in [3.8, 4) is 0 Å². The summed E-state index contributed by atoms with van der Waals surface area (Å²) >= 11 is 3.00. The van der Waals surface area contributed by atoms with Gasteiger partial charge in [-0.25, -0.2) is 12.8 Å². The van der Waals surface area contributed by atoms with Gasteiger partial charge in [0.2, 0.25) is 10.0 Å². The van der Waals surface area contributed by atoms with Gasteiger partial charge in [0.05, 0.1) is 15.9 Å². The van der Waals surface area contributed by atoms with Crippen molar-refractivity contribution in [3.05, 3.63) is 58.3 Å². The summed E-state index contributed by atoms with van der Waals surface area (Å²) < 4.78 is 40.0. The fourth-order valence-corrected chi connectivity index (χ4v) is 3.12. The second kappa shape index (κ2) is 5.80. The first-order valence-electron chi connectivity index (χ1n) is 5.66. The fourth-order valence-electron chi connectivity index (χ4n) is 1.65. The SMILES string of the molecule is Nc1ccccc1CS(=O)(=O)Nc1ccc(Br)c(F)c1. The Morgan fingerprint density at radius 1 is 1.20 bits per heavy atom. The van der Waals surface area contributed by atoms with Crippen molar-refractivity contribution in [2.75, 3.05) is 10.5 Å². The Morgan fingerprint density at radius 2 is 1.90 bits per heavy atom. The number of hydrogen-bond donors (Lipinski definition) is 2. The number of hydrogen-bond acceptors (Lipinski definition) is 3. The quantitative estimate of drug-likeness (QED) is 0.824. The monoisotopic (exact) mass is 358 g/mol. The van der Waals surface area contributed by atoms with Crippen LogP contribution >= 0.6 is 15.9 Å². The molecule has 0 bridgehead atoms. The maximum absolute atomic E-state index is 13.3. The van der Waals surface area contributed by atoms with Gasteiger partial charge in [0, 0.05) is 5.69 Å². The van der Waals surface area contributed by atoms with Gasteiger partial charge in [-0.1, -0.05) is 18.2 Å². The van der Waals surface area contributed by atoms with E-state index in [0.29, 0.717) is 11.3 Å². The molecule has 0 heterocycles. The number of nitrogen functional groups attached to an aromatic ring is 1. The molecule has 0 aromatic heterocycles. The summed E-state index contributed by atoms with van der Waals surface area (Å²) in [7, 11) is -3.65. The average Bonchev–Trinajstić information content (AvgIpc) is 2.36. The van der Waals surface area contributed by atoms with Crippen molar-refractivity contribution in [3.63, 3.8) is 0 Å². The van der Waals surface area contributed by atoms with Gasteiger partial charge in [-0.15, -0.1) is 0 Å². The third kappa shape index (κ3) is 3.71. The zero-order chi connectivity index (χ0) is 14.8. The van der Waals surface area contributed by atoms with Crippen LogP contribution in [-0.2, 0) is 15.8 Å². The lowest BCUT2D eigenvalue weighted by Gasteiger charge is -2.10. The van der Waals surface area contributed by atoms with Crippen LogP contribution in [-0.4, -0.2) is 8.42 Å². The first-order valence-corrected chi connectivity index (χ1v) is 8.11. The predicted molar refractivity (Wildman–Crippen MR) is 81.2 cm³/mol. The second-order valence-electron chi connectivity index (χ2n) is 4.19. The number of para-hydroxylation sites is 1. The van der Waals surface area contributed by atoms with Crippen LogP contribution in [0.1, 0.15) is 5.56 Å².